The lowest BCUT2D eigenvalue weighted by Gasteiger charge is -2.10. The number of nitrogens with zero attached hydrogens (tertiary/aromatic N) is 1. The van der Waals surface area contributed by atoms with Crippen LogP contribution in [0.1, 0.15) is 35.7 Å². The quantitative estimate of drug-likeness (QED) is 0.591. The van der Waals surface area contributed by atoms with Crippen LogP contribution in [0.25, 0.3) is 11.3 Å². The maximum atomic E-state index is 14.6. The van der Waals surface area contributed by atoms with Gasteiger partial charge in [0.1, 0.15) is 17.3 Å². The van der Waals surface area contributed by atoms with Crippen molar-refractivity contribution in [2.45, 2.75) is 26.2 Å². The van der Waals surface area contributed by atoms with Crippen molar-refractivity contribution in [1.29, 1.82) is 0 Å². The highest BCUT2D eigenvalue weighted by molar-refractivity contribution is 6.04. The average molecular weight is 378 g/mol. The number of amides is 1. The van der Waals surface area contributed by atoms with E-state index in [2.05, 4.69) is 17.2 Å². The fraction of sp³-hybridized carbons (Fsp3) is 0.217. The Balaban J connectivity index is 1.75. The fourth-order valence-electron chi connectivity index (χ4n) is 2.94. The monoisotopic (exact) mass is 378 g/mol. The lowest BCUT2D eigenvalue weighted by Crippen LogP contribution is -2.12. The summed E-state index contributed by atoms with van der Waals surface area (Å²) in [6, 6.07) is 15.5. The molecule has 0 aliphatic rings. The molecule has 0 fully saturated rings. The minimum atomic E-state index is -0.528. The van der Waals surface area contributed by atoms with Crippen molar-refractivity contribution in [3.63, 3.8) is 0 Å². The maximum Gasteiger partial charge on any atom is 0.255 e. The number of nitrogens with one attached hydrogen (secondary N) is 1. The van der Waals surface area contributed by atoms with Gasteiger partial charge in [-0.2, -0.15) is 0 Å². The molecule has 1 heterocycles. The van der Waals surface area contributed by atoms with Crippen LogP contribution in [0.2, 0.25) is 0 Å². The topological polar surface area (TPSA) is 51.2 Å². The summed E-state index contributed by atoms with van der Waals surface area (Å²) in [6.07, 6.45) is 4.87. The fourth-order valence-corrected chi connectivity index (χ4v) is 2.94. The molecule has 0 saturated carbocycles. The summed E-state index contributed by atoms with van der Waals surface area (Å²) in [5.74, 6) is -0.416. The Bertz CT molecular complexity index is 955. The Morgan fingerprint density at radius 1 is 1.14 bits per heavy atom. The molecule has 3 aromatic rings. The van der Waals surface area contributed by atoms with Crippen molar-refractivity contribution in [3.8, 4) is 17.0 Å². The zero-order chi connectivity index (χ0) is 19.9. The minimum Gasteiger partial charge on any atom is -0.494 e. The van der Waals surface area contributed by atoms with E-state index in [0.29, 0.717) is 17.1 Å². The molecule has 0 saturated heterocycles. The molecule has 1 N–H and O–H groups in total. The van der Waals surface area contributed by atoms with Crippen LogP contribution in [0.3, 0.4) is 0 Å². The third-order valence-electron chi connectivity index (χ3n) is 4.51. The maximum absolute atomic E-state index is 14.6. The molecule has 0 spiro atoms. The van der Waals surface area contributed by atoms with Gasteiger partial charge in [-0.1, -0.05) is 25.5 Å². The van der Waals surface area contributed by atoms with Crippen LogP contribution in [-0.4, -0.2) is 18.0 Å². The van der Waals surface area contributed by atoms with E-state index in [1.165, 1.54) is 18.7 Å². The molecule has 0 radical (unpaired) electrons. The third kappa shape index (κ3) is 4.55. The van der Waals surface area contributed by atoms with Gasteiger partial charge < -0.3 is 10.1 Å². The van der Waals surface area contributed by atoms with Gasteiger partial charge in [-0.3, -0.25) is 9.78 Å². The summed E-state index contributed by atoms with van der Waals surface area (Å²) in [5.41, 5.74) is 2.85. The number of benzene rings is 2. The first-order chi connectivity index (χ1) is 13.6. The number of rotatable bonds is 7. The van der Waals surface area contributed by atoms with Gasteiger partial charge in [0.15, 0.2) is 0 Å². The van der Waals surface area contributed by atoms with Crippen molar-refractivity contribution in [2.24, 2.45) is 0 Å². The standard InChI is InChI=1S/C23H23FN2O2/c1-3-4-6-16-8-11-18(12-9-16)26-23(27)17-10-13-19(20(24)15-17)22-21(28-2)7-5-14-25-22/h5,7-15H,3-4,6H2,1-2H3,(H,26,27). The number of carbonyl (C=O) groups is 1. The normalized spacial score (nSPS) is 10.5. The van der Waals surface area contributed by atoms with Crippen molar-refractivity contribution in [3.05, 3.63) is 77.7 Å². The highest BCUT2D eigenvalue weighted by Crippen LogP contribution is 2.29. The molecule has 1 amide bonds. The van der Waals surface area contributed by atoms with Crippen LogP contribution >= 0.6 is 0 Å². The third-order valence-corrected chi connectivity index (χ3v) is 4.51. The van der Waals surface area contributed by atoms with E-state index in [1.54, 1.807) is 30.5 Å². The lowest BCUT2D eigenvalue weighted by atomic mass is 10.1. The second-order valence-electron chi connectivity index (χ2n) is 6.50. The summed E-state index contributed by atoms with van der Waals surface area (Å²) in [7, 11) is 1.51. The number of hydrogen-bond acceptors (Lipinski definition) is 3. The van der Waals surface area contributed by atoms with Crippen LogP contribution < -0.4 is 10.1 Å². The van der Waals surface area contributed by atoms with Crippen LogP contribution in [0, 0.1) is 5.82 Å². The van der Waals surface area contributed by atoms with Crippen LogP contribution in [-0.2, 0) is 6.42 Å². The molecule has 0 atom stereocenters. The van der Waals surface area contributed by atoms with Gasteiger partial charge in [0.2, 0.25) is 0 Å². The van der Waals surface area contributed by atoms with Crippen LogP contribution in [0.5, 0.6) is 5.75 Å². The van der Waals surface area contributed by atoms with Gasteiger partial charge in [-0.25, -0.2) is 4.39 Å². The Kier molecular flexibility index (Phi) is 6.37. The first-order valence-corrected chi connectivity index (χ1v) is 9.31. The van der Waals surface area contributed by atoms with Gasteiger partial charge in [0, 0.05) is 23.0 Å². The molecular weight excluding hydrogens is 355 g/mol. The van der Waals surface area contributed by atoms with Crippen molar-refractivity contribution in [2.75, 3.05) is 12.4 Å². The molecule has 3 rings (SSSR count). The van der Waals surface area contributed by atoms with Crippen molar-refractivity contribution < 1.29 is 13.9 Å². The van der Waals surface area contributed by atoms with Crippen molar-refractivity contribution >= 4 is 11.6 Å². The molecular formula is C23H23FN2O2. The van der Waals surface area contributed by atoms with E-state index in [1.807, 2.05) is 24.3 Å². The highest BCUT2D eigenvalue weighted by atomic mass is 19.1. The number of pyridine rings is 1. The number of carbonyl (C=O) groups excluding carboxylic acids is 1. The van der Waals surface area contributed by atoms with Gasteiger partial charge in [0.05, 0.1) is 7.11 Å². The summed E-state index contributed by atoms with van der Waals surface area (Å²) in [6.45, 7) is 2.16. The van der Waals surface area contributed by atoms with Gasteiger partial charge in [-0.05, 0) is 60.9 Å². The molecule has 0 unspecified atom stereocenters. The van der Waals surface area contributed by atoms with Gasteiger partial charge >= 0.3 is 0 Å². The summed E-state index contributed by atoms with van der Waals surface area (Å²) in [4.78, 5) is 16.7. The predicted octanol–water partition coefficient (Wildman–Crippen LogP) is 5.49. The second kappa shape index (κ2) is 9.13. The number of aryl methyl sites for hydroxylation is 1. The molecule has 0 aliphatic carbocycles. The molecule has 0 aliphatic heterocycles. The van der Waals surface area contributed by atoms with E-state index in [0.717, 1.165) is 19.3 Å². The molecule has 1 aromatic heterocycles. The first-order valence-electron chi connectivity index (χ1n) is 9.31. The number of hydrogen-bond donors (Lipinski definition) is 1. The Morgan fingerprint density at radius 3 is 2.61 bits per heavy atom. The molecule has 2 aromatic carbocycles. The number of anilines is 1. The Hall–Kier alpha value is -3.21. The predicted molar refractivity (Wildman–Crippen MR) is 109 cm³/mol. The van der Waals surface area contributed by atoms with E-state index in [-0.39, 0.29) is 17.0 Å². The summed E-state index contributed by atoms with van der Waals surface area (Å²) in [5, 5.41) is 2.80. The molecule has 4 nitrogen and oxygen atoms in total. The van der Waals surface area contributed by atoms with Crippen LogP contribution in [0.15, 0.2) is 60.8 Å². The number of aromatic nitrogens is 1. The summed E-state index contributed by atoms with van der Waals surface area (Å²) >= 11 is 0. The minimum absolute atomic E-state index is 0.242. The van der Waals surface area contributed by atoms with E-state index < -0.39 is 5.82 Å². The first kappa shape index (κ1) is 19.5. The van der Waals surface area contributed by atoms with Gasteiger partial charge in [0.25, 0.3) is 5.91 Å². The largest absolute Gasteiger partial charge is 0.494 e. The number of methoxy groups -OCH3 is 1. The van der Waals surface area contributed by atoms with Gasteiger partial charge in [-0.15, -0.1) is 0 Å². The molecule has 5 heteroatoms. The smallest absolute Gasteiger partial charge is 0.255 e. The van der Waals surface area contributed by atoms with E-state index in [9.17, 15) is 9.18 Å². The molecule has 0 bridgehead atoms. The Labute approximate surface area is 164 Å². The van der Waals surface area contributed by atoms with E-state index in [4.69, 9.17) is 4.74 Å². The lowest BCUT2D eigenvalue weighted by molar-refractivity contribution is 0.102. The van der Waals surface area contributed by atoms with E-state index >= 15 is 0 Å². The molecule has 144 valence electrons. The highest BCUT2D eigenvalue weighted by Gasteiger charge is 2.15. The summed E-state index contributed by atoms with van der Waals surface area (Å²) < 4.78 is 19.9. The SMILES string of the molecule is CCCCc1ccc(NC(=O)c2ccc(-c3ncccc3OC)c(F)c2)cc1. The second-order valence-corrected chi connectivity index (χ2v) is 6.50. The molecule has 28 heavy (non-hydrogen) atoms. The average Bonchev–Trinajstić information content (AvgIpc) is 2.73. The number of unbranched alkanes of at least 4 members (excludes halogenated alkanes) is 1. The zero-order valence-electron chi connectivity index (χ0n) is 16.0. The zero-order valence-corrected chi connectivity index (χ0v) is 16.0. The number of ether oxygens (including phenoxy) is 1. The number of halogens is 1. The van der Waals surface area contributed by atoms with Crippen LogP contribution in [0.4, 0.5) is 10.1 Å². The Morgan fingerprint density at radius 2 is 1.93 bits per heavy atom. The van der Waals surface area contributed by atoms with Crippen molar-refractivity contribution in [1.82, 2.24) is 4.98 Å².